The fraction of sp³-hybridized carbons (Fsp3) is 0.333. The van der Waals surface area contributed by atoms with Gasteiger partial charge < -0.3 is 10.1 Å². The van der Waals surface area contributed by atoms with Crippen LogP contribution in [0.5, 0.6) is 5.75 Å². The van der Waals surface area contributed by atoms with E-state index in [1.165, 1.54) is 13.3 Å². The van der Waals surface area contributed by atoms with Crippen LogP contribution in [0.25, 0.3) is 0 Å². The highest BCUT2D eigenvalue weighted by Crippen LogP contribution is 2.30. The first-order valence-electron chi connectivity index (χ1n) is 6.58. The van der Waals surface area contributed by atoms with Crippen molar-refractivity contribution in [2.45, 2.75) is 26.1 Å². The minimum Gasteiger partial charge on any atom is -0.497 e. The molecule has 0 spiro atoms. The normalized spacial score (nSPS) is 13.6. The van der Waals surface area contributed by atoms with Crippen LogP contribution >= 0.6 is 11.6 Å². The summed E-state index contributed by atoms with van der Waals surface area (Å²) in [5.41, 5.74) is 1.23. The monoisotopic (exact) mass is 309 g/mol. The van der Waals surface area contributed by atoms with Gasteiger partial charge in [-0.2, -0.15) is 0 Å². The summed E-state index contributed by atoms with van der Waals surface area (Å²) < 4.78 is 18.5. The molecule has 0 fully saturated rings. The highest BCUT2D eigenvalue weighted by molar-refractivity contribution is 6.33. The van der Waals surface area contributed by atoms with E-state index >= 15 is 0 Å². The quantitative estimate of drug-likeness (QED) is 0.892. The summed E-state index contributed by atoms with van der Waals surface area (Å²) in [7, 11) is 1.62. The summed E-state index contributed by atoms with van der Waals surface area (Å²) in [6, 6.07) is 7.62. The van der Waals surface area contributed by atoms with Gasteiger partial charge in [0.25, 0.3) is 0 Å². The number of methoxy groups -OCH3 is 1. The van der Waals surface area contributed by atoms with E-state index in [1.807, 2.05) is 31.2 Å². The van der Waals surface area contributed by atoms with Crippen molar-refractivity contribution in [1.29, 1.82) is 0 Å². The van der Waals surface area contributed by atoms with Crippen LogP contribution in [-0.2, 0) is 0 Å². The third-order valence-electron chi connectivity index (χ3n) is 3.16. The molecular weight excluding hydrogens is 293 g/mol. The van der Waals surface area contributed by atoms with Crippen LogP contribution in [0, 0.1) is 0 Å². The Bertz CT molecular complexity index is 604. The average Bonchev–Trinajstić information content (AvgIpc) is 2.49. The molecular formula is C15H17ClFN3O. The zero-order valence-corrected chi connectivity index (χ0v) is 12.9. The molecule has 0 amide bonds. The minimum absolute atomic E-state index is 0.0360. The Kier molecular flexibility index (Phi) is 4.96. The van der Waals surface area contributed by atoms with Crippen LogP contribution in [0.4, 0.5) is 10.2 Å². The number of hydrogen-bond acceptors (Lipinski definition) is 4. The molecule has 0 aliphatic rings. The van der Waals surface area contributed by atoms with Crippen LogP contribution in [0.15, 0.2) is 30.6 Å². The lowest BCUT2D eigenvalue weighted by Gasteiger charge is -2.17. The van der Waals surface area contributed by atoms with Gasteiger partial charge in [-0.1, -0.05) is 23.7 Å². The van der Waals surface area contributed by atoms with Gasteiger partial charge in [0.1, 0.15) is 29.1 Å². The minimum atomic E-state index is -1.24. The van der Waals surface area contributed by atoms with Gasteiger partial charge in [0.2, 0.25) is 0 Å². The van der Waals surface area contributed by atoms with Gasteiger partial charge >= 0.3 is 0 Å². The predicted molar refractivity (Wildman–Crippen MR) is 81.6 cm³/mol. The van der Waals surface area contributed by atoms with E-state index in [-0.39, 0.29) is 16.8 Å². The summed E-state index contributed by atoms with van der Waals surface area (Å²) in [6.07, 6.45) is 0.0673. The van der Waals surface area contributed by atoms with E-state index < -0.39 is 6.17 Å². The molecule has 2 unspecified atom stereocenters. The largest absolute Gasteiger partial charge is 0.497 e. The standard InChI is InChI=1S/C15H17ClFN3O/c1-9(17)14-13(16)15(19-8-18-14)20-10(2)11-4-6-12(21-3)7-5-11/h4-10H,1-3H3,(H,18,19,20). The lowest BCUT2D eigenvalue weighted by atomic mass is 10.1. The second-order valence-electron chi connectivity index (χ2n) is 4.68. The third kappa shape index (κ3) is 3.61. The Balaban J connectivity index is 2.19. The van der Waals surface area contributed by atoms with Gasteiger partial charge in [0.05, 0.1) is 12.8 Å². The molecule has 21 heavy (non-hydrogen) atoms. The molecule has 0 radical (unpaired) electrons. The predicted octanol–water partition coefficient (Wildman–Crippen LogP) is 4.34. The molecule has 1 aromatic heterocycles. The molecule has 6 heteroatoms. The maximum atomic E-state index is 13.4. The highest BCUT2D eigenvalue weighted by atomic mass is 35.5. The Hall–Kier alpha value is -1.88. The molecule has 112 valence electrons. The number of rotatable bonds is 5. The van der Waals surface area contributed by atoms with E-state index in [1.54, 1.807) is 7.11 Å². The summed E-state index contributed by atoms with van der Waals surface area (Å²) in [6.45, 7) is 3.36. The van der Waals surface area contributed by atoms with Crippen molar-refractivity contribution in [3.05, 3.63) is 46.9 Å². The maximum absolute atomic E-state index is 13.4. The van der Waals surface area contributed by atoms with Gasteiger partial charge in [-0.05, 0) is 31.5 Å². The molecule has 0 bridgehead atoms. The van der Waals surface area contributed by atoms with Crippen LogP contribution in [0.1, 0.15) is 37.3 Å². The Labute approximate surface area is 128 Å². The Morgan fingerprint density at radius 1 is 1.19 bits per heavy atom. The molecule has 2 aromatic rings. The third-order valence-corrected chi connectivity index (χ3v) is 3.53. The second-order valence-corrected chi connectivity index (χ2v) is 5.05. The Morgan fingerprint density at radius 2 is 1.86 bits per heavy atom. The number of hydrogen-bond donors (Lipinski definition) is 1. The van der Waals surface area contributed by atoms with Crippen molar-refractivity contribution >= 4 is 17.4 Å². The molecule has 4 nitrogen and oxygen atoms in total. The van der Waals surface area contributed by atoms with Crippen molar-refractivity contribution in [2.24, 2.45) is 0 Å². The smallest absolute Gasteiger partial charge is 0.149 e. The van der Waals surface area contributed by atoms with Gasteiger partial charge in [0.15, 0.2) is 0 Å². The SMILES string of the molecule is COc1ccc(C(C)Nc2ncnc(C(C)F)c2Cl)cc1. The lowest BCUT2D eigenvalue weighted by molar-refractivity contribution is 0.365. The first-order valence-corrected chi connectivity index (χ1v) is 6.95. The van der Waals surface area contributed by atoms with E-state index in [0.29, 0.717) is 5.82 Å². The molecule has 2 rings (SSSR count). The molecule has 0 aliphatic heterocycles. The number of alkyl halides is 1. The van der Waals surface area contributed by atoms with Crippen molar-refractivity contribution < 1.29 is 9.13 Å². The lowest BCUT2D eigenvalue weighted by Crippen LogP contribution is -2.10. The summed E-state index contributed by atoms with van der Waals surface area (Å²) in [5, 5.41) is 3.38. The zero-order chi connectivity index (χ0) is 15.4. The first kappa shape index (κ1) is 15.5. The van der Waals surface area contributed by atoms with Gasteiger partial charge in [0, 0.05) is 6.04 Å². The van der Waals surface area contributed by atoms with E-state index in [9.17, 15) is 4.39 Å². The zero-order valence-electron chi connectivity index (χ0n) is 12.1. The van der Waals surface area contributed by atoms with Gasteiger partial charge in [-0.15, -0.1) is 0 Å². The first-order chi connectivity index (χ1) is 10.0. The van der Waals surface area contributed by atoms with E-state index in [4.69, 9.17) is 16.3 Å². The van der Waals surface area contributed by atoms with Crippen molar-refractivity contribution in [3.8, 4) is 5.75 Å². The van der Waals surface area contributed by atoms with Crippen molar-refractivity contribution in [1.82, 2.24) is 9.97 Å². The number of ether oxygens (including phenoxy) is 1. The average molecular weight is 310 g/mol. The number of nitrogens with one attached hydrogen (secondary N) is 1. The summed E-state index contributed by atoms with van der Waals surface area (Å²) in [5.74, 6) is 1.22. The number of nitrogens with zero attached hydrogens (tertiary/aromatic N) is 2. The molecule has 0 saturated heterocycles. The fourth-order valence-corrected chi connectivity index (χ4v) is 2.24. The maximum Gasteiger partial charge on any atom is 0.149 e. The fourth-order valence-electron chi connectivity index (χ4n) is 1.94. The molecule has 0 aliphatic carbocycles. The Morgan fingerprint density at radius 3 is 2.43 bits per heavy atom. The molecule has 1 N–H and O–H groups in total. The number of anilines is 1. The molecule has 2 atom stereocenters. The van der Waals surface area contributed by atoms with Crippen molar-refractivity contribution in [3.63, 3.8) is 0 Å². The van der Waals surface area contributed by atoms with E-state index in [0.717, 1.165) is 11.3 Å². The number of aromatic nitrogens is 2. The van der Waals surface area contributed by atoms with Crippen LogP contribution in [0.3, 0.4) is 0 Å². The van der Waals surface area contributed by atoms with Gasteiger partial charge in [-0.3, -0.25) is 0 Å². The van der Waals surface area contributed by atoms with Crippen LogP contribution in [-0.4, -0.2) is 17.1 Å². The van der Waals surface area contributed by atoms with Gasteiger partial charge in [-0.25, -0.2) is 14.4 Å². The summed E-state index contributed by atoms with van der Waals surface area (Å²) in [4.78, 5) is 7.94. The van der Waals surface area contributed by atoms with Crippen LogP contribution in [0.2, 0.25) is 5.02 Å². The highest BCUT2D eigenvalue weighted by Gasteiger charge is 2.16. The second kappa shape index (κ2) is 6.72. The number of benzene rings is 1. The molecule has 1 heterocycles. The van der Waals surface area contributed by atoms with Crippen molar-refractivity contribution in [2.75, 3.05) is 12.4 Å². The van der Waals surface area contributed by atoms with Crippen LogP contribution < -0.4 is 10.1 Å². The summed E-state index contributed by atoms with van der Waals surface area (Å²) >= 11 is 6.14. The molecule has 1 aromatic carbocycles. The number of halogens is 2. The van der Waals surface area contributed by atoms with E-state index in [2.05, 4.69) is 15.3 Å². The topological polar surface area (TPSA) is 47.0 Å². The molecule has 0 saturated carbocycles.